The molecule has 7 heteroatoms. The number of hydrogen-bond acceptors (Lipinski definition) is 6. The Bertz CT molecular complexity index is 1190. The Labute approximate surface area is 190 Å². The first-order valence-electron chi connectivity index (χ1n) is 10.0. The molecule has 0 radical (unpaired) electrons. The molecule has 4 aromatic rings. The molecule has 0 unspecified atom stereocenters. The second-order valence-electron chi connectivity index (χ2n) is 7.01. The third-order valence-corrected chi connectivity index (χ3v) is 5.70. The summed E-state index contributed by atoms with van der Waals surface area (Å²) in [4.78, 5) is 17.1. The molecule has 162 valence electrons. The second kappa shape index (κ2) is 9.98. The van der Waals surface area contributed by atoms with E-state index >= 15 is 0 Å². The Morgan fingerprint density at radius 1 is 0.875 bits per heavy atom. The molecule has 6 nitrogen and oxygen atoms in total. The zero-order valence-corrected chi connectivity index (χ0v) is 18.6. The first kappa shape index (κ1) is 21.4. The van der Waals surface area contributed by atoms with E-state index in [1.165, 1.54) is 11.3 Å². The minimum atomic E-state index is -0.113. The highest BCUT2D eigenvalue weighted by atomic mass is 32.1. The number of rotatable bonds is 8. The van der Waals surface area contributed by atoms with Gasteiger partial charge >= 0.3 is 0 Å². The Morgan fingerprint density at radius 3 is 2.28 bits per heavy atom. The van der Waals surface area contributed by atoms with Crippen LogP contribution in [0.2, 0.25) is 0 Å². The van der Waals surface area contributed by atoms with Crippen LogP contribution in [0.1, 0.15) is 5.69 Å². The molecule has 32 heavy (non-hydrogen) atoms. The van der Waals surface area contributed by atoms with Crippen LogP contribution in [0.25, 0.3) is 10.6 Å². The molecule has 0 saturated heterocycles. The van der Waals surface area contributed by atoms with Gasteiger partial charge in [-0.05, 0) is 54.6 Å². The number of nitrogens with zero attached hydrogens (tertiary/aromatic N) is 1. The second-order valence-corrected chi connectivity index (χ2v) is 7.87. The Balaban J connectivity index is 1.36. The van der Waals surface area contributed by atoms with Gasteiger partial charge < -0.3 is 20.1 Å². The van der Waals surface area contributed by atoms with Crippen LogP contribution < -0.4 is 20.1 Å². The van der Waals surface area contributed by atoms with Gasteiger partial charge in [0.05, 0.1) is 26.3 Å². The van der Waals surface area contributed by atoms with Crippen LogP contribution >= 0.6 is 11.3 Å². The number of anilines is 3. The number of carbonyl (C=O) groups excluding carboxylic acids is 1. The van der Waals surface area contributed by atoms with E-state index in [0.29, 0.717) is 11.5 Å². The molecule has 0 saturated carbocycles. The summed E-state index contributed by atoms with van der Waals surface area (Å²) in [7, 11) is 3.20. The fraction of sp³-hybridized carbons (Fsp3) is 0.120. The lowest BCUT2D eigenvalue weighted by Crippen LogP contribution is -2.14. The molecule has 1 aromatic heterocycles. The smallest absolute Gasteiger partial charge is 0.230 e. The van der Waals surface area contributed by atoms with Crippen molar-refractivity contribution in [1.82, 2.24) is 4.98 Å². The number of nitrogens with one attached hydrogen (secondary N) is 2. The minimum Gasteiger partial charge on any atom is -0.493 e. The predicted molar refractivity (Wildman–Crippen MR) is 129 cm³/mol. The fourth-order valence-corrected chi connectivity index (χ4v) is 4.00. The van der Waals surface area contributed by atoms with Gasteiger partial charge in [0.1, 0.15) is 5.01 Å². The van der Waals surface area contributed by atoms with Gasteiger partial charge in [0.15, 0.2) is 11.5 Å². The summed E-state index contributed by atoms with van der Waals surface area (Å²) in [6.45, 7) is 0. The lowest BCUT2D eigenvalue weighted by atomic mass is 10.2. The molecule has 0 aliphatic rings. The van der Waals surface area contributed by atoms with Crippen molar-refractivity contribution in [3.05, 3.63) is 83.9 Å². The van der Waals surface area contributed by atoms with Crippen molar-refractivity contribution in [3.8, 4) is 22.1 Å². The molecule has 1 amide bonds. The average molecular weight is 446 g/mol. The normalized spacial score (nSPS) is 10.4. The highest BCUT2D eigenvalue weighted by Gasteiger charge is 2.12. The number of amides is 1. The number of benzene rings is 3. The summed E-state index contributed by atoms with van der Waals surface area (Å²) in [6.07, 6.45) is 0.202. The van der Waals surface area contributed by atoms with Gasteiger partial charge in [-0.1, -0.05) is 18.2 Å². The summed E-state index contributed by atoms with van der Waals surface area (Å²) < 4.78 is 10.6. The quantitative estimate of drug-likeness (QED) is 0.361. The van der Waals surface area contributed by atoms with Crippen molar-refractivity contribution in [2.45, 2.75) is 6.42 Å². The van der Waals surface area contributed by atoms with E-state index in [4.69, 9.17) is 9.47 Å². The van der Waals surface area contributed by atoms with Gasteiger partial charge in [-0.25, -0.2) is 4.98 Å². The third-order valence-electron chi connectivity index (χ3n) is 4.76. The van der Waals surface area contributed by atoms with Gasteiger partial charge in [-0.2, -0.15) is 0 Å². The molecule has 0 aliphatic carbocycles. The molecule has 0 atom stereocenters. The van der Waals surface area contributed by atoms with Gasteiger partial charge in [0.25, 0.3) is 0 Å². The van der Waals surface area contributed by atoms with E-state index < -0.39 is 0 Å². The molecule has 1 heterocycles. The minimum absolute atomic E-state index is 0.113. The number of para-hydroxylation sites is 1. The van der Waals surface area contributed by atoms with E-state index in [1.54, 1.807) is 14.2 Å². The lowest BCUT2D eigenvalue weighted by molar-refractivity contribution is -0.115. The van der Waals surface area contributed by atoms with Crippen LogP contribution in [0, 0.1) is 0 Å². The number of ether oxygens (including phenoxy) is 2. The standard InChI is InChI=1S/C25H23N3O3S/c1-30-22-13-8-17(14-23(22)31-2)25-28-21(16-32-25)15-24(29)27-20-11-9-19(10-12-20)26-18-6-4-3-5-7-18/h3-14,16,26H,15H2,1-2H3,(H,27,29). The Morgan fingerprint density at radius 2 is 1.56 bits per heavy atom. The first-order chi connectivity index (χ1) is 15.6. The molecule has 3 aromatic carbocycles. The Hall–Kier alpha value is -3.84. The van der Waals surface area contributed by atoms with E-state index in [0.717, 1.165) is 33.3 Å². The van der Waals surface area contributed by atoms with E-state index in [9.17, 15) is 4.79 Å². The van der Waals surface area contributed by atoms with Gasteiger partial charge in [-0.15, -0.1) is 11.3 Å². The van der Waals surface area contributed by atoms with Gasteiger partial charge in [0, 0.05) is 28.0 Å². The molecule has 0 spiro atoms. The first-order valence-corrected chi connectivity index (χ1v) is 10.9. The van der Waals surface area contributed by atoms with E-state index in [1.807, 2.05) is 78.2 Å². The van der Waals surface area contributed by atoms with Crippen LogP contribution in [0.4, 0.5) is 17.1 Å². The molecule has 0 aliphatic heterocycles. The predicted octanol–water partition coefficient (Wildman–Crippen LogP) is 5.75. The number of carbonyl (C=O) groups is 1. The van der Waals surface area contributed by atoms with Crippen LogP contribution in [-0.2, 0) is 11.2 Å². The average Bonchev–Trinajstić information content (AvgIpc) is 3.29. The zero-order chi connectivity index (χ0) is 22.3. The number of thiazole rings is 1. The van der Waals surface area contributed by atoms with Gasteiger partial charge in [-0.3, -0.25) is 4.79 Å². The maximum atomic E-state index is 12.5. The summed E-state index contributed by atoms with van der Waals surface area (Å²) in [5, 5.41) is 8.97. The molecule has 0 bridgehead atoms. The topological polar surface area (TPSA) is 72.5 Å². The molecule has 2 N–H and O–H groups in total. The summed E-state index contributed by atoms with van der Waals surface area (Å²) in [5.41, 5.74) is 4.34. The van der Waals surface area contributed by atoms with Crippen molar-refractivity contribution in [2.24, 2.45) is 0 Å². The molecule has 4 rings (SSSR count). The fourth-order valence-electron chi connectivity index (χ4n) is 3.18. The molecule has 0 fully saturated rings. The van der Waals surface area contributed by atoms with Crippen LogP contribution in [0.5, 0.6) is 11.5 Å². The Kier molecular flexibility index (Phi) is 6.67. The number of methoxy groups -OCH3 is 2. The maximum Gasteiger partial charge on any atom is 0.230 e. The van der Waals surface area contributed by atoms with Crippen LogP contribution in [-0.4, -0.2) is 25.1 Å². The number of aromatic nitrogens is 1. The third kappa shape index (κ3) is 5.25. The van der Waals surface area contributed by atoms with E-state index in [-0.39, 0.29) is 12.3 Å². The maximum absolute atomic E-state index is 12.5. The molecular weight excluding hydrogens is 422 g/mol. The van der Waals surface area contributed by atoms with Crippen LogP contribution in [0.3, 0.4) is 0 Å². The van der Waals surface area contributed by atoms with Gasteiger partial charge in [0.2, 0.25) is 5.91 Å². The number of hydrogen-bond donors (Lipinski definition) is 2. The van der Waals surface area contributed by atoms with Crippen LogP contribution in [0.15, 0.2) is 78.2 Å². The zero-order valence-electron chi connectivity index (χ0n) is 17.8. The summed E-state index contributed by atoms with van der Waals surface area (Å²) in [5.74, 6) is 1.19. The van der Waals surface area contributed by atoms with Crippen molar-refractivity contribution in [3.63, 3.8) is 0 Å². The van der Waals surface area contributed by atoms with Crippen molar-refractivity contribution in [2.75, 3.05) is 24.9 Å². The van der Waals surface area contributed by atoms with Crippen molar-refractivity contribution >= 4 is 34.3 Å². The SMILES string of the molecule is COc1ccc(-c2nc(CC(=O)Nc3ccc(Nc4ccccc4)cc3)cs2)cc1OC. The monoisotopic (exact) mass is 445 g/mol. The molecular formula is C25H23N3O3S. The summed E-state index contributed by atoms with van der Waals surface area (Å²) >= 11 is 1.49. The van der Waals surface area contributed by atoms with Crippen molar-refractivity contribution in [1.29, 1.82) is 0 Å². The van der Waals surface area contributed by atoms with E-state index in [2.05, 4.69) is 15.6 Å². The largest absolute Gasteiger partial charge is 0.493 e. The highest BCUT2D eigenvalue weighted by molar-refractivity contribution is 7.13. The highest BCUT2D eigenvalue weighted by Crippen LogP contribution is 2.33. The van der Waals surface area contributed by atoms with Crippen molar-refractivity contribution < 1.29 is 14.3 Å². The lowest BCUT2D eigenvalue weighted by Gasteiger charge is -2.08. The summed E-state index contributed by atoms with van der Waals surface area (Å²) in [6, 6.07) is 23.2.